The topological polar surface area (TPSA) is 136 Å². The number of nitrogens with one attached hydrogen (secondary N) is 1. The number of amides is 2. The van der Waals surface area contributed by atoms with Crippen molar-refractivity contribution in [2.75, 3.05) is 13.2 Å². The van der Waals surface area contributed by atoms with Crippen molar-refractivity contribution in [1.82, 2.24) is 10.4 Å². The number of esters is 1. The summed E-state index contributed by atoms with van der Waals surface area (Å²) in [6.45, 7) is -0.795. The van der Waals surface area contributed by atoms with Gasteiger partial charge < -0.3 is 4.74 Å². The van der Waals surface area contributed by atoms with Crippen molar-refractivity contribution in [3.05, 3.63) is 73.8 Å². The Hall–Kier alpha value is -3.50. The molecule has 0 aromatic heterocycles. The Labute approximate surface area is 191 Å². The lowest BCUT2D eigenvalue weighted by Crippen LogP contribution is -2.43. The second kappa shape index (κ2) is 9.75. The van der Waals surface area contributed by atoms with Crippen LogP contribution in [-0.4, -0.2) is 46.7 Å². The summed E-state index contributed by atoms with van der Waals surface area (Å²) in [6, 6.07) is 9.25. The van der Waals surface area contributed by atoms with Crippen LogP contribution >= 0.6 is 23.2 Å². The third-order valence-corrected chi connectivity index (χ3v) is 5.14. The number of carbonyl (C=O) groups is 4. The van der Waals surface area contributed by atoms with Gasteiger partial charge in [-0.15, -0.1) is 0 Å². The Morgan fingerprint density at radius 3 is 2.62 bits per heavy atom. The fourth-order valence-electron chi connectivity index (χ4n) is 2.96. The highest BCUT2D eigenvalue weighted by Crippen LogP contribution is 2.22. The lowest BCUT2D eigenvalue weighted by atomic mass is 10.1. The van der Waals surface area contributed by atoms with Gasteiger partial charge in [0.2, 0.25) is 11.7 Å². The van der Waals surface area contributed by atoms with Gasteiger partial charge in [-0.3, -0.25) is 39.7 Å². The van der Waals surface area contributed by atoms with E-state index in [-0.39, 0.29) is 34.8 Å². The lowest BCUT2D eigenvalue weighted by Gasteiger charge is -2.18. The van der Waals surface area contributed by atoms with Crippen LogP contribution in [0.2, 0.25) is 10.0 Å². The van der Waals surface area contributed by atoms with Gasteiger partial charge in [0, 0.05) is 29.1 Å². The number of hydrazine groups is 1. The van der Waals surface area contributed by atoms with Gasteiger partial charge in [0.1, 0.15) is 0 Å². The summed E-state index contributed by atoms with van der Waals surface area (Å²) in [4.78, 5) is 59.2. The van der Waals surface area contributed by atoms with Crippen molar-refractivity contribution < 1.29 is 28.8 Å². The number of nitro benzene ring substituents is 1. The van der Waals surface area contributed by atoms with E-state index in [0.717, 1.165) is 11.1 Å². The zero-order valence-corrected chi connectivity index (χ0v) is 17.8. The largest absolute Gasteiger partial charge is 0.457 e. The normalized spacial score (nSPS) is 15.4. The molecule has 166 valence electrons. The third-order valence-electron chi connectivity index (χ3n) is 4.60. The van der Waals surface area contributed by atoms with E-state index >= 15 is 0 Å². The Morgan fingerprint density at radius 1 is 1.19 bits per heavy atom. The third kappa shape index (κ3) is 5.40. The molecule has 1 atom stereocenters. The Kier molecular flexibility index (Phi) is 7.06. The number of ketones is 1. The van der Waals surface area contributed by atoms with Crippen molar-refractivity contribution in [2.24, 2.45) is 5.92 Å². The van der Waals surface area contributed by atoms with E-state index in [1.165, 1.54) is 36.4 Å². The lowest BCUT2D eigenvalue weighted by molar-refractivity contribution is -0.384. The molecular weight excluding hydrogens is 465 g/mol. The van der Waals surface area contributed by atoms with Crippen LogP contribution in [0.4, 0.5) is 5.69 Å². The molecule has 1 aliphatic rings. The van der Waals surface area contributed by atoms with Crippen LogP contribution in [0.15, 0.2) is 42.5 Å². The molecule has 0 saturated carbocycles. The number of halogens is 2. The summed E-state index contributed by atoms with van der Waals surface area (Å²) < 4.78 is 4.98. The van der Waals surface area contributed by atoms with Gasteiger partial charge in [-0.25, -0.2) is 0 Å². The van der Waals surface area contributed by atoms with Gasteiger partial charge in [0.05, 0.1) is 28.0 Å². The molecule has 1 aliphatic heterocycles. The summed E-state index contributed by atoms with van der Waals surface area (Å²) in [5.74, 6) is -3.51. The van der Waals surface area contributed by atoms with Crippen LogP contribution in [0, 0.1) is 16.0 Å². The van der Waals surface area contributed by atoms with Crippen LogP contribution in [0.5, 0.6) is 0 Å². The molecular formula is C20H15Cl2N3O7. The van der Waals surface area contributed by atoms with Crippen LogP contribution < -0.4 is 5.43 Å². The first-order valence-corrected chi connectivity index (χ1v) is 9.92. The van der Waals surface area contributed by atoms with Crippen molar-refractivity contribution in [1.29, 1.82) is 0 Å². The number of carbonyl (C=O) groups excluding carboxylic acids is 4. The van der Waals surface area contributed by atoms with Crippen LogP contribution in [0.1, 0.15) is 27.1 Å². The Morgan fingerprint density at radius 2 is 1.94 bits per heavy atom. The van der Waals surface area contributed by atoms with Gasteiger partial charge in [-0.05, 0) is 18.2 Å². The Balaban J connectivity index is 1.55. The number of rotatable bonds is 7. The molecule has 32 heavy (non-hydrogen) atoms. The number of hydrogen-bond donors (Lipinski definition) is 1. The quantitative estimate of drug-likeness (QED) is 0.279. The van der Waals surface area contributed by atoms with Crippen LogP contribution in [-0.2, 0) is 14.3 Å². The van der Waals surface area contributed by atoms with E-state index in [0.29, 0.717) is 5.02 Å². The second-order valence-corrected chi connectivity index (χ2v) is 7.65. The molecule has 1 N–H and O–H groups in total. The second-order valence-electron chi connectivity index (χ2n) is 6.81. The molecule has 0 unspecified atom stereocenters. The maximum absolute atomic E-state index is 12.4. The Bertz CT molecular complexity index is 1120. The number of nitrogens with zero attached hydrogens (tertiary/aromatic N) is 2. The molecule has 0 bridgehead atoms. The van der Waals surface area contributed by atoms with E-state index < -0.39 is 41.0 Å². The maximum Gasteiger partial charge on any atom is 0.311 e. The predicted octanol–water partition coefficient (Wildman–Crippen LogP) is 2.82. The van der Waals surface area contributed by atoms with Crippen molar-refractivity contribution in [2.45, 2.75) is 6.42 Å². The fourth-order valence-corrected chi connectivity index (χ4v) is 3.46. The molecule has 2 aromatic rings. The van der Waals surface area contributed by atoms with Crippen LogP contribution in [0.25, 0.3) is 0 Å². The molecule has 1 saturated heterocycles. The summed E-state index contributed by atoms with van der Waals surface area (Å²) in [5, 5.41) is 12.2. The molecule has 2 amide bonds. The van der Waals surface area contributed by atoms with E-state index in [4.69, 9.17) is 27.9 Å². The van der Waals surface area contributed by atoms with Gasteiger partial charge >= 0.3 is 5.97 Å². The predicted molar refractivity (Wildman–Crippen MR) is 112 cm³/mol. The number of ether oxygens (including phenoxy) is 1. The highest BCUT2D eigenvalue weighted by atomic mass is 35.5. The van der Waals surface area contributed by atoms with E-state index in [9.17, 15) is 29.3 Å². The average Bonchev–Trinajstić information content (AvgIpc) is 3.12. The summed E-state index contributed by atoms with van der Waals surface area (Å²) in [6.07, 6.45) is -0.224. The summed E-state index contributed by atoms with van der Waals surface area (Å²) >= 11 is 11.8. The van der Waals surface area contributed by atoms with E-state index in [1.54, 1.807) is 0 Å². The minimum Gasteiger partial charge on any atom is -0.457 e. The molecule has 2 aromatic carbocycles. The zero-order chi connectivity index (χ0) is 23.4. The highest BCUT2D eigenvalue weighted by molar-refractivity contribution is 6.36. The minimum absolute atomic E-state index is 0.0169. The number of hydrogen-bond acceptors (Lipinski definition) is 7. The molecule has 1 fully saturated rings. The van der Waals surface area contributed by atoms with Gasteiger partial charge in [0.25, 0.3) is 11.6 Å². The average molecular weight is 480 g/mol. The SMILES string of the molecule is O=C(COC(=O)[C@H]1CC(=O)N(NC(=O)c2ccc(Cl)cc2Cl)C1)c1cccc([N+](=O)[O-])c1. The molecule has 0 radical (unpaired) electrons. The van der Waals surface area contributed by atoms with E-state index in [2.05, 4.69) is 5.43 Å². The standard InChI is InChI=1S/C20H15Cl2N3O7/c21-13-4-5-15(16(22)8-13)19(28)23-24-9-12(7-18(24)27)20(29)32-10-17(26)11-2-1-3-14(6-11)25(30)31/h1-6,8,12H,7,9-10H2,(H,23,28)/t12-/m0/s1. The number of non-ortho nitro benzene ring substituents is 1. The molecule has 10 nitrogen and oxygen atoms in total. The zero-order valence-electron chi connectivity index (χ0n) is 16.2. The summed E-state index contributed by atoms with van der Waals surface area (Å²) in [5.41, 5.74) is 2.22. The van der Waals surface area contributed by atoms with Crippen LogP contribution in [0.3, 0.4) is 0 Å². The first kappa shape index (κ1) is 23.2. The molecule has 12 heteroatoms. The van der Waals surface area contributed by atoms with Crippen molar-refractivity contribution in [3.63, 3.8) is 0 Å². The smallest absolute Gasteiger partial charge is 0.311 e. The first-order valence-electron chi connectivity index (χ1n) is 9.16. The summed E-state index contributed by atoms with van der Waals surface area (Å²) in [7, 11) is 0. The monoisotopic (exact) mass is 479 g/mol. The molecule has 0 spiro atoms. The maximum atomic E-state index is 12.4. The van der Waals surface area contributed by atoms with Gasteiger partial charge in [-0.2, -0.15) is 0 Å². The van der Waals surface area contributed by atoms with Crippen molar-refractivity contribution >= 4 is 52.5 Å². The number of benzene rings is 2. The minimum atomic E-state index is -0.901. The van der Waals surface area contributed by atoms with Crippen molar-refractivity contribution in [3.8, 4) is 0 Å². The van der Waals surface area contributed by atoms with Gasteiger partial charge in [0.15, 0.2) is 6.61 Å². The molecule has 1 heterocycles. The molecule has 0 aliphatic carbocycles. The number of nitro groups is 1. The van der Waals surface area contributed by atoms with Gasteiger partial charge in [-0.1, -0.05) is 35.3 Å². The first-order chi connectivity index (χ1) is 15.2. The van der Waals surface area contributed by atoms with E-state index in [1.807, 2.05) is 0 Å². The fraction of sp³-hybridized carbons (Fsp3) is 0.200. The highest BCUT2D eigenvalue weighted by Gasteiger charge is 2.37. The molecule has 3 rings (SSSR count). The number of Topliss-reactive ketones (excluding diaryl/α,β-unsaturated/α-hetero) is 1.